The van der Waals surface area contributed by atoms with Gasteiger partial charge >= 0.3 is 6.36 Å². The molecule has 136 valence electrons. The monoisotopic (exact) mass is 349 g/mol. The molecule has 0 aromatic heterocycles. The van der Waals surface area contributed by atoms with Crippen LogP contribution in [0.25, 0.3) is 0 Å². The number of aliphatic imine (C=N–C) groups is 1. The van der Waals surface area contributed by atoms with Crippen molar-refractivity contribution < 1.29 is 27.4 Å². The Balaban J connectivity index is 2.43. The van der Waals surface area contributed by atoms with Crippen LogP contribution in [0.1, 0.15) is 5.56 Å². The highest BCUT2D eigenvalue weighted by Gasteiger charge is 2.31. The van der Waals surface area contributed by atoms with Crippen LogP contribution in [0.4, 0.5) is 13.2 Å². The first-order chi connectivity index (χ1) is 11.5. The molecule has 0 spiro atoms. The van der Waals surface area contributed by atoms with Crippen molar-refractivity contribution >= 4 is 5.96 Å². The summed E-state index contributed by atoms with van der Waals surface area (Å²) in [7, 11) is 3.16. The van der Waals surface area contributed by atoms with Crippen LogP contribution in [0.2, 0.25) is 0 Å². The standard InChI is InChI=1S/C15H22F3N3O3/c1-19-14(20-7-8-23-10-9-22-2)21-11-12-5-3-4-6-13(12)24-15(16,17)18/h3-6H,7-11H2,1-2H3,(H2,19,20,21). The second-order valence-electron chi connectivity index (χ2n) is 4.61. The summed E-state index contributed by atoms with van der Waals surface area (Å²) in [6.45, 7) is 2.10. The second-order valence-corrected chi connectivity index (χ2v) is 4.61. The predicted octanol–water partition coefficient (Wildman–Crippen LogP) is 1.91. The molecular formula is C15H22F3N3O3. The van der Waals surface area contributed by atoms with Crippen LogP contribution < -0.4 is 15.4 Å². The van der Waals surface area contributed by atoms with E-state index in [1.165, 1.54) is 12.1 Å². The summed E-state index contributed by atoms with van der Waals surface area (Å²) in [5, 5.41) is 5.92. The number of alkyl halides is 3. The third kappa shape index (κ3) is 8.59. The lowest BCUT2D eigenvalue weighted by molar-refractivity contribution is -0.274. The van der Waals surface area contributed by atoms with E-state index in [0.29, 0.717) is 37.9 Å². The van der Waals surface area contributed by atoms with E-state index in [4.69, 9.17) is 9.47 Å². The maximum absolute atomic E-state index is 12.4. The number of hydrogen-bond donors (Lipinski definition) is 2. The molecule has 0 aliphatic rings. The SMILES string of the molecule is CN=C(NCCOCCOC)NCc1ccccc1OC(F)(F)F. The predicted molar refractivity (Wildman–Crippen MR) is 84.0 cm³/mol. The van der Waals surface area contributed by atoms with Crippen LogP contribution in [-0.4, -0.2) is 52.8 Å². The zero-order valence-electron chi connectivity index (χ0n) is 13.7. The molecule has 24 heavy (non-hydrogen) atoms. The van der Waals surface area contributed by atoms with Crippen molar-refractivity contribution in [2.24, 2.45) is 4.99 Å². The van der Waals surface area contributed by atoms with Crippen molar-refractivity contribution in [3.8, 4) is 5.75 Å². The number of rotatable bonds is 9. The maximum atomic E-state index is 12.4. The van der Waals surface area contributed by atoms with Crippen LogP contribution in [0.15, 0.2) is 29.3 Å². The minimum atomic E-state index is -4.73. The van der Waals surface area contributed by atoms with Gasteiger partial charge in [0.1, 0.15) is 5.75 Å². The van der Waals surface area contributed by atoms with Crippen molar-refractivity contribution in [3.63, 3.8) is 0 Å². The fraction of sp³-hybridized carbons (Fsp3) is 0.533. The smallest absolute Gasteiger partial charge is 0.405 e. The summed E-state index contributed by atoms with van der Waals surface area (Å²) in [6.07, 6.45) is -4.73. The second kappa shape index (κ2) is 10.7. The van der Waals surface area contributed by atoms with Crippen LogP contribution in [-0.2, 0) is 16.0 Å². The van der Waals surface area contributed by atoms with Crippen molar-refractivity contribution in [2.75, 3.05) is 40.5 Å². The summed E-state index contributed by atoms with van der Waals surface area (Å²) < 4.78 is 51.3. The van der Waals surface area contributed by atoms with E-state index in [1.54, 1.807) is 26.3 Å². The zero-order valence-corrected chi connectivity index (χ0v) is 13.7. The van der Waals surface area contributed by atoms with Crippen molar-refractivity contribution in [3.05, 3.63) is 29.8 Å². The van der Waals surface area contributed by atoms with Gasteiger partial charge < -0.3 is 24.8 Å². The molecule has 9 heteroatoms. The Bertz CT molecular complexity index is 510. The fourth-order valence-electron chi connectivity index (χ4n) is 1.76. The van der Waals surface area contributed by atoms with E-state index in [-0.39, 0.29) is 12.3 Å². The van der Waals surface area contributed by atoms with E-state index < -0.39 is 6.36 Å². The van der Waals surface area contributed by atoms with Gasteiger partial charge in [-0.1, -0.05) is 18.2 Å². The molecule has 1 aromatic rings. The third-order valence-corrected chi connectivity index (χ3v) is 2.84. The summed E-state index contributed by atoms with van der Waals surface area (Å²) in [5.74, 6) is 0.211. The summed E-state index contributed by atoms with van der Waals surface area (Å²) in [6, 6.07) is 5.94. The Hall–Kier alpha value is -2.00. The lowest BCUT2D eigenvalue weighted by atomic mass is 10.2. The van der Waals surface area contributed by atoms with Gasteiger partial charge in [-0.2, -0.15) is 0 Å². The molecule has 2 N–H and O–H groups in total. The molecule has 0 atom stereocenters. The first-order valence-corrected chi connectivity index (χ1v) is 7.31. The van der Waals surface area contributed by atoms with Crippen LogP contribution in [0.5, 0.6) is 5.75 Å². The van der Waals surface area contributed by atoms with Gasteiger partial charge in [0.15, 0.2) is 5.96 Å². The Morgan fingerprint density at radius 2 is 1.88 bits per heavy atom. The Kier molecular flexibility index (Phi) is 8.95. The molecule has 0 heterocycles. The molecule has 0 aliphatic heterocycles. The van der Waals surface area contributed by atoms with Crippen molar-refractivity contribution in [2.45, 2.75) is 12.9 Å². The van der Waals surface area contributed by atoms with Gasteiger partial charge in [-0.25, -0.2) is 0 Å². The highest BCUT2D eigenvalue weighted by atomic mass is 19.4. The molecule has 0 radical (unpaired) electrons. The van der Waals surface area contributed by atoms with Gasteiger partial charge in [0, 0.05) is 32.8 Å². The number of hydrogen-bond acceptors (Lipinski definition) is 4. The normalized spacial score (nSPS) is 12.1. The zero-order chi connectivity index (χ0) is 17.8. The molecule has 0 saturated carbocycles. The number of methoxy groups -OCH3 is 1. The topological polar surface area (TPSA) is 64.1 Å². The van der Waals surface area contributed by atoms with Gasteiger partial charge in [0.2, 0.25) is 0 Å². The van der Waals surface area contributed by atoms with E-state index >= 15 is 0 Å². The van der Waals surface area contributed by atoms with Crippen molar-refractivity contribution in [1.29, 1.82) is 0 Å². The highest BCUT2D eigenvalue weighted by molar-refractivity contribution is 5.79. The number of ether oxygens (including phenoxy) is 3. The Morgan fingerprint density at radius 3 is 2.54 bits per heavy atom. The van der Waals surface area contributed by atoms with Gasteiger partial charge in [-0.15, -0.1) is 13.2 Å². The molecule has 0 unspecified atom stereocenters. The number of halogens is 3. The average molecular weight is 349 g/mol. The van der Waals surface area contributed by atoms with Gasteiger partial charge in [-0.3, -0.25) is 4.99 Å². The van der Waals surface area contributed by atoms with E-state index in [9.17, 15) is 13.2 Å². The van der Waals surface area contributed by atoms with Crippen LogP contribution in [0.3, 0.4) is 0 Å². The van der Waals surface area contributed by atoms with E-state index in [1.807, 2.05) is 0 Å². The number of para-hydroxylation sites is 1. The average Bonchev–Trinajstić information content (AvgIpc) is 2.53. The van der Waals surface area contributed by atoms with Gasteiger partial charge in [0.25, 0.3) is 0 Å². The molecule has 0 amide bonds. The largest absolute Gasteiger partial charge is 0.573 e. The molecule has 0 saturated heterocycles. The third-order valence-electron chi connectivity index (χ3n) is 2.84. The van der Waals surface area contributed by atoms with Crippen molar-refractivity contribution in [1.82, 2.24) is 10.6 Å². The number of guanidine groups is 1. The lowest BCUT2D eigenvalue weighted by Crippen LogP contribution is -2.38. The minimum absolute atomic E-state index is 0.135. The Labute approximate surface area is 139 Å². The van der Waals surface area contributed by atoms with E-state index in [2.05, 4.69) is 20.4 Å². The molecule has 1 rings (SSSR count). The number of benzene rings is 1. The molecule has 0 aliphatic carbocycles. The van der Waals surface area contributed by atoms with E-state index in [0.717, 1.165) is 0 Å². The summed E-state index contributed by atoms with van der Waals surface area (Å²) >= 11 is 0. The minimum Gasteiger partial charge on any atom is -0.405 e. The van der Waals surface area contributed by atoms with Gasteiger partial charge in [-0.05, 0) is 6.07 Å². The number of nitrogens with one attached hydrogen (secondary N) is 2. The quantitative estimate of drug-likeness (QED) is 0.405. The molecule has 1 aromatic carbocycles. The molecule has 0 fully saturated rings. The summed E-state index contributed by atoms with van der Waals surface area (Å²) in [5.41, 5.74) is 0.370. The first kappa shape index (κ1) is 20.0. The maximum Gasteiger partial charge on any atom is 0.573 e. The highest BCUT2D eigenvalue weighted by Crippen LogP contribution is 2.25. The van der Waals surface area contributed by atoms with Crippen LogP contribution >= 0.6 is 0 Å². The van der Waals surface area contributed by atoms with Gasteiger partial charge in [0.05, 0.1) is 19.8 Å². The van der Waals surface area contributed by atoms with Crippen LogP contribution in [0, 0.1) is 0 Å². The molecule has 0 bridgehead atoms. The fourth-order valence-corrected chi connectivity index (χ4v) is 1.76. The first-order valence-electron chi connectivity index (χ1n) is 7.31. The Morgan fingerprint density at radius 1 is 1.12 bits per heavy atom. The number of nitrogens with zero attached hydrogens (tertiary/aromatic N) is 1. The molecule has 6 nitrogen and oxygen atoms in total. The lowest BCUT2D eigenvalue weighted by Gasteiger charge is -2.15. The molecular weight excluding hydrogens is 327 g/mol. The summed E-state index contributed by atoms with van der Waals surface area (Å²) in [4.78, 5) is 3.99.